The quantitative estimate of drug-likeness (QED) is 0.435. The molecule has 0 bridgehead atoms. The van der Waals surface area contributed by atoms with Gasteiger partial charge in [-0.05, 0) is 11.1 Å². The first-order valence-corrected chi connectivity index (χ1v) is 10.2. The first-order chi connectivity index (χ1) is 15.2. The summed E-state index contributed by atoms with van der Waals surface area (Å²) in [5.41, 5.74) is 4.47. The lowest BCUT2D eigenvalue weighted by Gasteiger charge is -2.18. The van der Waals surface area contributed by atoms with Crippen LogP contribution in [-0.2, 0) is 17.6 Å². The molecule has 0 saturated carbocycles. The maximum atomic E-state index is 12.0. The second-order valence-corrected chi connectivity index (χ2v) is 7.30. The molecule has 0 aliphatic carbocycles. The molecule has 0 spiro atoms. The van der Waals surface area contributed by atoms with Crippen LogP contribution in [0.3, 0.4) is 0 Å². The number of benzene rings is 3. The minimum absolute atomic E-state index is 0.350. The van der Waals surface area contributed by atoms with E-state index >= 15 is 0 Å². The SMILES string of the molecule is O=C(O)[C@H](Cc1ccccc1)Nc1ncc(-c2ccccc2)nc1Cc1ccccc1. The number of rotatable bonds is 8. The highest BCUT2D eigenvalue weighted by atomic mass is 16.4. The molecule has 0 radical (unpaired) electrons. The van der Waals surface area contributed by atoms with Crippen LogP contribution in [0.2, 0.25) is 0 Å². The Bertz CT molecular complexity index is 1130. The van der Waals surface area contributed by atoms with Crippen LogP contribution in [0.4, 0.5) is 5.82 Å². The molecule has 3 aromatic carbocycles. The van der Waals surface area contributed by atoms with Crippen molar-refractivity contribution in [3.8, 4) is 11.3 Å². The summed E-state index contributed by atoms with van der Waals surface area (Å²) in [6.45, 7) is 0. The molecule has 0 aliphatic rings. The van der Waals surface area contributed by atoms with Gasteiger partial charge in [0, 0.05) is 18.4 Å². The summed E-state index contributed by atoms with van der Waals surface area (Å²) in [5, 5.41) is 12.9. The largest absolute Gasteiger partial charge is 0.480 e. The van der Waals surface area contributed by atoms with E-state index in [1.807, 2.05) is 91.0 Å². The molecule has 0 amide bonds. The van der Waals surface area contributed by atoms with Gasteiger partial charge in [-0.2, -0.15) is 0 Å². The van der Waals surface area contributed by atoms with Crippen molar-refractivity contribution in [1.82, 2.24) is 9.97 Å². The zero-order valence-electron chi connectivity index (χ0n) is 17.0. The predicted molar refractivity (Wildman–Crippen MR) is 122 cm³/mol. The Balaban J connectivity index is 1.66. The van der Waals surface area contributed by atoms with E-state index in [1.165, 1.54) is 0 Å². The molecule has 4 aromatic rings. The molecule has 0 aliphatic heterocycles. The van der Waals surface area contributed by atoms with Crippen molar-refractivity contribution in [3.05, 3.63) is 114 Å². The molecule has 4 rings (SSSR count). The van der Waals surface area contributed by atoms with Crippen LogP contribution in [0.25, 0.3) is 11.3 Å². The van der Waals surface area contributed by atoms with Crippen molar-refractivity contribution < 1.29 is 9.90 Å². The van der Waals surface area contributed by atoms with Gasteiger partial charge >= 0.3 is 5.97 Å². The van der Waals surface area contributed by atoms with Crippen molar-refractivity contribution in [2.45, 2.75) is 18.9 Å². The van der Waals surface area contributed by atoms with E-state index in [0.29, 0.717) is 24.4 Å². The topological polar surface area (TPSA) is 75.1 Å². The first kappa shape index (κ1) is 20.3. The second kappa shape index (κ2) is 9.67. The van der Waals surface area contributed by atoms with Crippen LogP contribution in [0.1, 0.15) is 16.8 Å². The highest BCUT2D eigenvalue weighted by Crippen LogP contribution is 2.22. The van der Waals surface area contributed by atoms with Crippen LogP contribution >= 0.6 is 0 Å². The Morgan fingerprint density at radius 2 is 1.42 bits per heavy atom. The van der Waals surface area contributed by atoms with Gasteiger partial charge in [0.1, 0.15) is 11.9 Å². The third-order valence-electron chi connectivity index (χ3n) is 5.02. The fraction of sp³-hybridized carbons (Fsp3) is 0.115. The van der Waals surface area contributed by atoms with E-state index in [1.54, 1.807) is 6.20 Å². The lowest BCUT2D eigenvalue weighted by molar-refractivity contribution is -0.137. The number of hydrogen-bond acceptors (Lipinski definition) is 4. The minimum Gasteiger partial charge on any atom is -0.480 e. The van der Waals surface area contributed by atoms with Gasteiger partial charge in [-0.3, -0.25) is 0 Å². The number of anilines is 1. The summed E-state index contributed by atoms with van der Waals surface area (Å²) in [6, 6.07) is 28.6. The van der Waals surface area contributed by atoms with Gasteiger partial charge in [-0.15, -0.1) is 0 Å². The highest BCUT2D eigenvalue weighted by Gasteiger charge is 2.21. The van der Waals surface area contributed by atoms with Gasteiger partial charge in [0.25, 0.3) is 0 Å². The van der Waals surface area contributed by atoms with E-state index in [9.17, 15) is 9.90 Å². The highest BCUT2D eigenvalue weighted by molar-refractivity contribution is 5.77. The molecule has 1 atom stereocenters. The van der Waals surface area contributed by atoms with Gasteiger partial charge in [0.15, 0.2) is 0 Å². The Morgan fingerprint density at radius 3 is 2.03 bits per heavy atom. The molecule has 1 heterocycles. The molecule has 0 saturated heterocycles. The molecular formula is C26H23N3O2. The smallest absolute Gasteiger partial charge is 0.326 e. The molecule has 5 nitrogen and oxygen atoms in total. The summed E-state index contributed by atoms with van der Waals surface area (Å²) in [6.07, 6.45) is 2.59. The Morgan fingerprint density at radius 1 is 0.839 bits per heavy atom. The van der Waals surface area contributed by atoms with Crippen molar-refractivity contribution in [2.75, 3.05) is 5.32 Å². The summed E-state index contributed by atoms with van der Waals surface area (Å²) >= 11 is 0. The van der Waals surface area contributed by atoms with Crippen LogP contribution in [-0.4, -0.2) is 27.1 Å². The number of aromatic nitrogens is 2. The van der Waals surface area contributed by atoms with E-state index in [0.717, 1.165) is 22.4 Å². The molecule has 2 N–H and O–H groups in total. The summed E-state index contributed by atoms with van der Waals surface area (Å²) < 4.78 is 0. The number of carboxylic acids is 1. The fourth-order valence-electron chi connectivity index (χ4n) is 3.42. The van der Waals surface area contributed by atoms with Crippen molar-refractivity contribution in [2.24, 2.45) is 0 Å². The van der Waals surface area contributed by atoms with E-state index in [4.69, 9.17) is 4.98 Å². The predicted octanol–water partition coefficient (Wildman–Crippen LogP) is 4.84. The maximum Gasteiger partial charge on any atom is 0.326 e. The molecular weight excluding hydrogens is 386 g/mol. The fourth-order valence-corrected chi connectivity index (χ4v) is 3.42. The summed E-state index contributed by atoms with van der Waals surface area (Å²) in [4.78, 5) is 21.4. The normalized spacial score (nSPS) is 11.6. The van der Waals surface area contributed by atoms with Crippen LogP contribution in [0, 0.1) is 0 Å². The van der Waals surface area contributed by atoms with Gasteiger partial charge in [-0.1, -0.05) is 91.0 Å². The van der Waals surface area contributed by atoms with Gasteiger partial charge in [-0.25, -0.2) is 14.8 Å². The monoisotopic (exact) mass is 409 g/mol. The number of aliphatic carboxylic acids is 1. The minimum atomic E-state index is -0.927. The average molecular weight is 409 g/mol. The zero-order chi connectivity index (χ0) is 21.5. The molecule has 31 heavy (non-hydrogen) atoms. The zero-order valence-corrected chi connectivity index (χ0v) is 17.0. The van der Waals surface area contributed by atoms with Crippen molar-refractivity contribution in [3.63, 3.8) is 0 Å². The Labute approximate surface area is 181 Å². The van der Waals surface area contributed by atoms with E-state index in [-0.39, 0.29) is 0 Å². The van der Waals surface area contributed by atoms with Gasteiger partial charge < -0.3 is 10.4 Å². The Kier molecular flexibility index (Phi) is 6.33. The second-order valence-electron chi connectivity index (χ2n) is 7.30. The number of nitrogens with zero attached hydrogens (tertiary/aromatic N) is 2. The molecule has 154 valence electrons. The van der Waals surface area contributed by atoms with Crippen LogP contribution in [0.15, 0.2) is 97.2 Å². The molecule has 0 fully saturated rings. The lowest BCUT2D eigenvalue weighted by Crippen LogP contribution is -2.32. The first-order valence-electron chi connectivity index (χ1n) is 10.2. The maximum absolute atomic E-state index is 12.0. The molecule has 1 aromatic heterocycles. The summed E-state index contributed by atoms with van der Waals surface area (Å²) in [5.74, 6) is -0.435. The standard InChI is InChI=1S/C26H23N3O2/c30-26(31)23(17-20-12-6-2-7-13-20)29-25-22(16-19-10-4-1-5-11-19)28-24(18-27-25)21-14-8-3-9-15-21/h1-15,18,23H,16-17H2,(H,27,29)(H,30,31)/t23-/m0/s1. The number of nitrogens with one attached hydrogen (secondary N) is 1. The molecule has 5 heteroatoms. The van der Waals surface area contributed by atoms with E-state index < -0.39 is 12.0 Å². The third-order valence-corrected chi connectivity index (χ3v) is 5.02. The lowest BCUT2D eigenvalue weighted by atomic mass is 10.1. The number of carboxylic acid groups (broad SMARTS) is 1. The van der Waals surface area contributed by atoms with Gasteiger partial charge in [0.05, 0.1) is 17.6 Å². The van der Waals surface area contributed by atoms with Crippen LogP contribution in [0.5, 0.6) is 0 Å². The molecule has 0 unspecified atom stereocenters. The third kappa shape index (κ3) is 5.34. The van der Waals surface area contributed by atoms with Gasteiger partial charge in [0.2, 0.25) is 0 Å². The summed E-state index contributed by atoms with van der Waals surface area (Å²) in [7, 11) is 0. The number of carbonyl (C=O) groups is 1. The number of hydrogen-bond donors (Lipinski definition) is 2. The van der Waals surface area contributed by atoms with Crippen molar-refractivity contribution in [1.29, 1.82) is 0 Å². The Hall–Kier alpha value is -3.99. The van der Waals surface area contributed by atoms with Crippen LogP contribution < -0.4 is 5.32 Å². The average Bonchev–Trinajstić information content (AvgIpc) is 2.81. The van der Waals surface area contributed by atoms with E-state index in [2.05, 4.69) is 10.3 Å². The van der Waals surface area contributed by atoms with Crippen molar-refractivity contribution >= 4 is 11.8 Å².